The number of aromatic amines is 1. The minimum absolute atomic E-state index is 0.0309. The topological polar surface area (TPSA) is 140 Å². The van der Waals surface area contributed by atoms with Gasteiger partial charge < -0.3 is 10.1 Å². The molecule has 3 amide bonds. The second kappa shape index (κ2) is 8.64. The third-order valence-corrected chi connectivity index (χ3v) is 5.66. The molecule has 4 rings (SSSR count). The molecule has 9 nitrogen and oxygen atoms in total. The van der Waals surface area contributed by atoms with Gasteiger partial charge in [0.2, 0.25) is 5.91 Å². The predicted molar refractivity (Wildman–Crippen MR) is 113 cm³/mol. The number of H-pyrrole nitrogens is 1. The summed E-state index contributed by atoms with van der Waals surface area (Å²) in [5.41, 5.74) is 4.46. The van der Waals surface area contributed by atoms with E-state index < -0.39 is 29.7 Å². The lowest BCUT2D eigenvalue weighted by molar-refractivity contribution is -0.141. The molecule has 0 saturated carbocycles. The molecule has 0 saturated heterocycles. The zero-order valence-electron chi connectivity index (χ0n) is 17.0. The van der Waals surface area contributed by atoms with Gasteiger partial charge in [0.1, 0.15) is 6.04 Å². The average molecular weight is 435 g/mol. The first-order valence-corrected chi connectivity index (χ1v) is 10.1. The minimum atomic E-state index is -1.34. The molecule has 0 spiro atoms. The van der Waals surface area contributed by atoms with Crippen molar-refractivity contribution in [1.29, 1.82) is 0 Å². The number of hydrogen-bond acceptors (Lipinski definition) is 5. The predicted octanol–water partition coefficient (Wildman–Crippen LogP) is 2.29. The Morgan fingerprint density at radius 1 is 1.06 bits per heavy atom. The molecule has 1 aliphatic rings. The minimum Gasteiger partial charge on any atom is -0.480 e. The summed E-state index contributed by atoms with van der Waals surface area (Å²) in [5.74, 6) is -2.91. The van der Waals surface area contributed by atoms with Gasteiger partial charge in [0.15, 0.2) is 0 Å². The molecule has 164 valence electrons. The molecule has 0 aliphatic carbocycles. The summed E-state index contributed by atoms with van der Waals surface area (Å²) in [6, 6.07) is 10.6. The van der Waals surface area contributed by atoms with Gasteiger partial charge in [-0.2, -0.15) is 0 Å². The Kier molecular flexibility index (Phi) is 5.74. The van der Waals surface area contributed by atoms with Gasteiger partial charge in [-0.3, -0.25) is 24.5 Å². The van der Waals surface area contributed by atoms with Gasteiger partial charge in [-0.25, -0.2) is 10.3 Å². The quantitative estimate of drug-likeness (QED) is 0.243. The highest BCUT2D eigenvalue weighted by molar-refractivity contribution is 6.22. The van der Waals surface area contributed by atoms with Gasteiger partial charge in [0.05, 0.1) is 11.1 Å². The van der Waals surface area contributed by atoms with E-state index in [4.69, 9.17) is 5.21 Å². The number of carboxylic acids is 1. The lowest BCUT2D eigenvalue weighted by Crippen LogP contribution is -2.46. The molecule has 1 aliphatic heterocycles. The number of nitrogens with zero attached hydrogens (tertiary/aromatic N) is 1. The highest BCUT2D eigenvalue weighted by atomic mass is 16.5. The number of hydrogen-bond donors (Lipinski definition) is 4. The summed E-state index contributed by atoms with van der Waals surface area (Å²) in [6.07, 6.45) is 3.04. The van der Waals surface area contributed by atoms with Crippen LogP contribution >= 0.6 is 0 Å². The number of amides is 3. The maximum Gasteiger partial charge on any atom is 0.327 e. The van der Waals surface area contributed by atoms with E-state index in [-0.39, 0.29) is 24.0 Å². The van der Waals surface area contributed by atoms with Crippen LogP contribution in [0, 0.1) is 0 Å². The van der Waals surface area contributed by atoms with Gasteiger partial charge in [0.25, 0.3) is 11.8 Å². The second-order valence-corrected chi connectivity index (χ2v) is 7.67. The van der Waals surface area contributed by atoms with Gasteiger partial charge in [-0.1, -0.05) is 24.3 Å². The first-order chi connectivity index (χ1) is 15.4. The molecule has 1 unspecified atom stereocenters. The van der Waals surface area contributed by atoms with Crippen LogP contribution in [0.15, 0.2) is 48.7 Å². The molecule has 2 aromatic carbocycles. The van der Waals surface area contributed by atoms with E-state index in [9.17, 15) is 24.3 Å². The van der Waals surface area contributed by atoms with E-state index in [0.29, 0.717) is 18.4 Å². The fourth-order valence-electron chi connectivity index (χ4n) is 4.06. The molecule has 1 aromatic heterocycles. The van der Waals surface area contributed by atoms with Crippen LogP contribution in [0.4, 0.5) is 0 Å². The number of carbonyl (C=O) groups excluding carboxylic acids is 3. The van der Waals surface area contributed by atoms with Crippen molar-refractivity contribution in [3.8, 4) is 0 Å². The summed E-state index contributed by atoms with van der Waals surface area (Å²) >= 11 is 0. The van der Waals surface area contributed by atoms with E-state index in [2.05, 4.69) is 4.98 Å². The smallest absolute Gasteiger partial charge is 0.327 e. The Morgan fingerprint density at radius 2 is 1.75 bits per heavy atom. The first-order valence-electron chi connectivity index (χ1n) is 10.1. The summed E-state index contributed by atoms with van der Waals surface area (Å²) < 4.78 is 0. The van der Waals surface area contributed by atoms with Crippen LogP contribution in [0.1, 0.15) is 44.7 Å². The number of aromatic nitrogens is 1. The van der Waals surface area contributed by atoms with Crippen LogP contribution in [-0.4, -0.2) is 49.9 Å². The van der Waals surface area contributed by atoms with E-state index >= 15 is 0 Å². The van der Waals surface area contributed by atoms with E-state index in [0.717, 1.165) is 21.4 Å². The van der Waals surface area contributed by atoms with Crippen LogP contribution in [0.25, 0.3) is 10.9 Å². The lowest BCUT2D eigenvalue weighted by Gasteiger charge is -2.22. The monoisotopic (exact) mass is 435 g/mol. The van der Waals surface area contributed by atoms with Gasteiger partial charge in [-0.15, -0.1) is 0 Å². The van der Waals surface area contributed by atoms with Crippen molar-refractivity contribution < 1.29 is 29.5 Å². The molecule has 1 atom stereocenters. The Morgan fingerprint density at radius 3 is 2.38 bits per heavy atom. The Hall–Kier alpha value is -3.98. The maximum atomic E-state index is 12.7. The fraction of sp³-hybridized carbons (Fsp3) is 0.217. The van der Waals surface area contributed by atoms with E-state index in [1.54, 1.807) is 23.8 Å². The summed E-state index contributed by atoms with van der Waals surface area (Å²) in [4.78, 5) is 52.6. The third-order valence-electron chi connectivity index (χ3n) is 5.66. The maximum absolute atomic E-state index is 12.7. The van der Waals surface area contributed by atoms with Gasteiger partial charge >= 0.3 is 5.97 Å². The van der Waals surface area contributed by atoms with Crippen molar-refractivity contribution in [3.05, 3.63) is 70.9 Å². The number of imide groups is 1. The molecule has 3 aromatic rings. The van der Waals surface area contributed by atoms with Crippen molar-refractivity contribution in [3.63, 3.8) is 0 Å². The number of aryl methyl sites for hydroxylation is 1. The molecule has 32 heavy (non-hydrogen) atoms. The van der Waals surface area contributed by atoms with Crippen LogP contribution in [-0.2, 0) is 22.4 Å². The zero-order valence-corrected chi connectivity index (χ0v) is 17.0. The zero-order chi connectivity index (χ0) is 22.8. The number of aliphatic carboxylic acids is 1. The molecule has 9 heteroatoms. The van der Waals surface area contributed by atoms with Crippen molar-refractivity contribution >= 4 is 34.6 Å². The van der Waals surface area contributed by atoms with Gasteiger partial charge in [-0.05, 0) is 42.2 Å². The van der Waals surface area contributed by atoms with Crippen molar-refractivity contribution in [2.45, 2.75) is 31.7 Å². The number of nitrogens with one attached hydrogen (secondary N) is 2. The van der Waals surface area contributed by atoms with Crippen molar-refractivity contribution in [1.82, 2.24) is 15.4 Å². The van der Waals surface area contributed by atoms with Crippen LogP contribution < -0.4 is 5.48 Å². The van der Waals surface area contributed by atoms with Crippen LogP contribution in [0.2, 0.25) is 0 Å². The summed E-state index contributed by atoms with van der Waals surface area (Å²) in [7, 11) is 0. The molecular weight excluding hydrogens is 414 g/mol. The molecule has 4 N–H and O–H groups in total. The number of rotatable bonds is 8. The van der Waals surface area contributed by atoms with Crippen molar-refractivity contribution in [2.24, 2.45) is 0 Å². The summed E-state index contributed by atoms with van der Waals surface area (Å²) in [6.45, 7) is 0. The standard InChI is InChI=1S/C23H21N3O6/c27-20(25-32)7-3-4-13-8-9-15-14(12-24-18(15)10-13)11-19(23(30)31)26-21(28)16-5-1-2-6-17(16)22(26)29/h1-2,5-6,8-10,12,19,24,32H,3-4,7,11H2,(H,25,27)(H,30,31). The number of fused-ring (bicyclic) bond motifs is 2. The second-order valence-electron chi connectivity index (χ2n) is 7.67. The number of hydroxylamine groups is 1. The Bertz CT molecular complexity index is 1200. The third kappa shape index (κ3) is 3.85. The Labute approximate surface area is 182 Å². The highest BCUT2D eigenvalue weighted by Crippen LogP contribution is 2.28. The number of benzene rings is 2. The van der Waals surface area contributed by atoms with Gasteiger partial charge in [0, 0.05) is 29.9 Å². The fourth-order valence-corrected chi connectivity index (χ4v) is 4.06. The molecule has 0 radical (unpaired) electrons. The molecule has 2 heterocycles. The van der Waals surface area contributed by atoms with Crippen molar-refractivity contribution in [2.75, 3.05) is 0 Å². The SMILES string of the molecule is O=C(CCCc1ccc2c(CC(C(=O)O)N3C(=O)c4ccccc4C3=O)c[nH]c2c1)NO. The molecular formula is C23H21N3O6. The molecule has 0 bridgehead atoms. The lowest BCUT2D eigenvalue weighted by atomic mass is 10.0. The average Bonchev–Trinajstić information content (AvgIpc) is 3.30. The van der Waals surface area contributed by atoms with E-state index in [1.165, 1.54) is 12.1 Å². The molecule has 0 fully saturated rings. The Balaban J connectivity index is 1.55. The number of carbonyl (C=O) groups is 4. The highest BCUT2D eigenvalue weighted by Gasteiger charge is 2.42. The summed E-state index contributed by atoms with van der Waals surface area (Å²) in [5, 5.41) is 19.2. The normalized spacial score (nSPS) is 14.0. The van der Waals surface area contributed by atoms with Crippen LogP contribution in [0.3, 0.4) is 0 Å². The largest absolute Gasteiger partial charge is 0.480 e. The number of carboxylic acid groups (broad SMARTS) is 1. The van der Waals surface area contributed by atoms with E-state index in [1.807, 2.05) is 18.2 Å². The first kappa shape index (κ1) is 21.3. The van der Waals surface area contributed by atoms with Crippen LogP contribution in [0.5, 0.6) is 0 Å².